The average molecular weight is 316 g/mol. The van der Waals surface area contributed by atoms with Crippen LogP contribution in [0.5, 0.6) is 0 Å². The topological polar surface area (TPSA) is 43.4 Å². The number of fused-ring (bicyclic) bond motifs is 1. The molecular formula is C20H28O3. The van der Waals surface area contributed by atoms with Gasteiger partial charge in [-0.25, -0.2) is 0 Å². The number of esters is 1. The van der Waals surface area contributed by atoms with Crippen LogP contribution in [0, 0.1) is 22.7 Å². The maximum Gasteiger partial charge on any atom is 0.310 e. The Hall–Kier alpha value is -1.38. The Balaban J connectivity index is 2.04. The summed E-state index contributed by atoms with van der Waals surface area (Å²) in [5.41, 5.74) is 1.91. The lowest BCUT2D eigenvalue weighted by Crippen LogP contribution is -2.56. The highest BCUT2D eigenvalue weighted by Gasteiger charge is 2.58. The predicted molar refractivity (Wildman–Crippen MR) is 89.7 cm³/mol. The van der Waals surface area contributed by atoms with Crippen molar-refractivity contribution in [3.05, 3.63) is 23.8 Å². The summed E-state index contributed by atoms with van der Waals surface area (Å²) < 4.78 is 5.76. The minimum absolute atomic E-state index is 0.110. The number of hydrogen-bond donors (Lipinski definition) is 0. The predicted octanol–water partition coefficient (Wildman–Crippen LogP) is 4.23. The van der Waals surface area contributed by atoms with Crippen LogP contribution in [-0.4, -0.2) is 18.4 Å². The second-order valence-corrected chi connectivity index (χ2v) is 8.22. The van der Waals surface area contributed by atoms with E-state index >= 15 is 0 Å². The van der Waals surface area contributed by atoms with Crippen molar-refractivity contribution in [2.45, 2.75) is 65.4 Å². The largest absolute Gasteiger partial charge is 0.457 e. The quantitative estimate of drug-likeness (QED) is 0.435. The number of carbonyl (C=O) groups excluding carboxylic acids is 2. The molecule has 0 aromatic heterocycles. The van der Waals surface area contributed by atoms with Crippen LogP contribution in [0.15, 0.2) is 23.8 Å². The van der Waals surface area contributed by atoms with Crippen molar-refractivity contribution in [1.82, 2.24) is 0 Å². The van der Waals surface area contributed by atoms with E-state index in [-0.39, 0.29) is 29.3 Å². The van der Waals surface area contributed by atoms with Crippen molar-refractivity contribution < 1.29 is 14.3 Å². The number of hydrogen-bond acceptors (Lipinski definition) is 3. The van der Waals surface area contributed by atoms with Gasteiger partial charge in [-0.05, 0) is 55.4 Å². The lowest BCUT2D eigenvalue weighted by atomic mass is 9.45. The van der Waals surface area contributed by atoms with Crippen LogP contribution in [0.2, 0.25) is 0 Å². The summed E-state index contributed by atoms with van der Waals surface area (Å²) in [4.78, 5) is 23.2. The van der Waals surface area contributed by atoms with Gasteiger partial charge in [0.15, 0.2) is 0 Å². The van der Waals surface area contributed by atoms with Gasteiger partial charge in [-0.15, -0.1) is 0 Å². The van der Waals surface area contributed by atoms with Gasteiger partial charge in [-0.3, -0.25) is 9.59 Å². The zero-order chi connectivity index (χ0) is 16.8. The molecule has 2 fully saturated rings. The minimum atomic E-state index is -0.297. The third-order valence-corrected chi connectivity index (χ3v) is 7.19. The molecule has 3 rings (SSSR count). The maximum atomic E-state index is 12.0. The Morgan fingerprint density at radius 2 is 2.09 bits per heavy atom. The van der Waals surface area contributed by atoms with E-state index in [0.29, 0.717) is 17.4 Å². The molecule has 5 atom stereocenters. The number of rotatable bonds is 2. The summed E-state index contributed by atoms with van der Waals surface area (Å²) >= 11 is 0. The summed E-state index contributed by atoms with van der Waals surface area (Å²) in [6, 6.07) is 0. The fraction of sp³-hybridized carbons (Fsp3) is 0.700. The molecule has 0 bridgehead atoms. The van der Waals surface area contributed by atoms with E-state index in [1.54, 1.807) is 0 Å². The summed E-state index contributed by atoms with van der Waals surface area (Å²) in [6.45, 7) is 11.3. The zero-order valence-corrected chi connectivity index (χ0v) is 14.6. The molecule has 126 valence electrons. The van der Waals surface area contributed by atoms with Gasteiger partial charge in [0.2, 0.25) is 0 Å². The molecule has 0 aromatic rings. The molecule has 2 saturated carbocycles. The van der Waals surface area contributed by atoms with Gasteiger partial charge in [0.25, 0.3) is 0 Å². The van der Waals surface area contributed by atoms with E-state index in [4.69, 9.17) is 4.74 Å². The van der Waals surface area contributed by atoms with Gasteiger partial charge in [-0.1, -0.05) is 32.9 Å². The second-order valence-electron chi connectivity index (χ2n) is 8.22. The summed E-state index contributed by atoms with van der Waals surface area (Å²) in [5, 5.41) is 0. The number of ether oxygens (including phenoxy) is 1. The van der Waals surface area contributed by atoms with E-state index < -0.39 is 0 Å². The van der Waals surface area contributed by atoms with Crippen LogP contribution in [0.3, 0.4) is 0 Å². The molecule has 0 aromatic carbocycles. The highest BCUT2D eigenvalue weighted by Crippen LogP contribution is 2.63. The molecule has 3 aliphatic rings. The molecule has 3 nitrogen and oxygen atoms in total. The number of cyclic esters (lactones) is 1. The first-order valence-electron chi connectivity index (χ1n) is 8.86. The molecule has 0 spiro atoms. The highest BCUT2D eigenvalue weighted by atomic mass is 16.5. The van der Waals surface area contributed by atoms with Crippen LogP contribution in [-0.2, 0) is 14.3 Å². The van der Waals surface area contributed by atoms with Crippen molar-refractivity contribution in [2.75, 3.05) is 0 Å². The first-order valence-corrected chi connectivity index (χ1v) is 8.86. The molecule has 1 heterocycles. The Morgan fingerprint density at radius 1 is 1.35 bits per heavy atom. The molecule has 23 heavy (non-hydrogen) atoms. The first-order chi connectivity index (χ1) is 10.8. The summed E-state index contributed by atoms with van der Waals surface area (Å²) in [5.74, 6) is 0.626. The van der Waals surface area contributed by atoms with Crippen molar-refractivity contribution in [3.8, 4) is 0 Å². The van der Waals surface area contributed by atoms with E-state index in [2.05, 4.69) is 27.4 Å². The fourth-order valence-corrected chi connectivity index (χ4v) is 5.39. The van der Waals surface area contributed by atoms with E-state index in [0.717, 1.165) is 38.4 Å². The number of allylic oxidation sites excluding steroid dienone is 1. The fourth-order valence-electron chi connectivity index (χ4n) is 5.39. The third kappa shape index (κ3) is 2.40. The Bertz CT molecular complexity index is 575. The molecule has 0 radical (unpaired) electrons. The van der Waals surface area contributed by atoms with Gasteiger partial charge in [0.05, 0.1) is 6.42 Å². The van der Waals surface area contributed by atoms with E-state index in [1.807, 2.05) is 6.08 Å². The van der Waals surface area contributed by atoms with Gasteiger partial charge in [0, 0.05) is 11.0 Å². The molecule has 3 heteroatoms. The maximum absolute atomic E-state index is 12.0. The first kappa shape index (κ1) is 16.5. The molecule has 0 unspecified atom stereocenters. The van der Waals surface area contributed by atoms with Crippen LogP contribution >= 0.6 is 0 Å². The van der Waals surface area contributed by atoms with Crippen LogP contribution in [0.25, 0.3) is 0 Å². The van der Waals surface area contributed by atoms with Crippen molar-refractivity contribution >= 4 is 12.3 Å². The average Bonchev–Trinajstić information content (AvgIpc) is 2.53. The van der Waals surface area contributed by atoms with Gasteiger partial charge < -0.3 is 4.74 Å². The van der Waals surface area contributed by atoms with Crippen LogP contribution in [0.4, 0.5) is 0 Å². The van der Waals surface area contributed by atoms with E-state index in [9.17, 15) is 9.59 Å². The Morgan fingerprint density at radius 3 is 2.78 bits per heavy atom. The molecule has 2 aliphatic carbocycles. The molecule has 0 amide bonds. The number of carbonyl (C=O) groups is 2. The minimum Gasteiger partial charge on any atom is -0.457 e. The van der Waals surface area contributed by atoms with Crippen molar-refractivity contribution in [2.24, 2.45) is 22.7 Å². The SMILES string of the molecule is C=C1CCC[C@@H]2[C@@](C)([C@@H]3C=C(C=O)CC(=O)O3)[C@H](C)CC[C@@]12C. The van der Waals surface area contributed by atoms with Crippen LogP contribution in [0.1, 0.15) is 59.3 Å². The summed E-state index contributed by atoms with van der Waals surface area (Å²) in [7, 11) is 0. The lowest BCUT2D eigenvalue weighted by Gasteiger charge is -2.60. The molecule has 0 N–H and O–H groups in total. The van der Waals surface area contributed by atoms with Crippen LogP contribution < -0.4 is 0 Å². The normalized spacial score (nSPS) is 44.1. The van der Waals surface area contributed by atoms with E-state index in [1.165, 1.54) is 5.57 Å². The molecule has 0 saturated heterocycles. The highest BCUT2D eigenvalue weighted by molar-refractivity contribution is 5.86. The molecular weight excluding hydrogens is 288 g/mol. The summed E-state index contributed by atoms with van der Waals surface area (Å²) in [6.07, 6.45) is 8.22. The van der Waals surface area contributed by atoms with Crippen molar-refractivity contribution in [1.29, 1.82) is 0 Å². The zero-order valence-electron chi connectivity index (χ0n) is 14.6. The van der Waals surface area contributed by atoms with Gasteiger partial charge >= 0.3 is 5.97 Å². The van der Waals surface area contributed by atoms with Gasteiger partial charge in [-0.2, -0.15) is 0 Å². The lowest BCUT2D eigenvalue weighted by molar-refractivity contribution is -0.169. The molecule has 1 aliphatic heterocycles. The smallest absolute Gasteiger partial charge is 0.310 e. The third-order valence-electron chi connectivity index (χ3n) is 7.19. The Labute approximate surface area is 139 Å². The van der Waals surface area contributed by atoms with Crippen molar-refractivity contribution in [3.63, 3.8) is 0 Å². The standard InChI is InChI=1S/C20H28O3/c1-13-6-5-7-16-19(13,3)9-8-14(2)20(16,4)17-10-15(12-21)11-18(22)23-17/h10,12,14,16-17H,1,5-9,11H2,2-4H3/t14-,16+,17+,19+,20+/m1/s1. The number of aldehydes is 1. The monoisotopic (exact) mass is 316 g/mol. The second kappa shape index (κ2) is 5.61. The Kier molecular flexibility index (Phi) is 4.02. The van der Waals surface area contributed by atoms with Gasteiger partial charge in [0.1, 0.15) is 12.4 Å².